The number of aromatic nitrogens is 2. The Balaban J connectivity index is 2.01. The van der Waals surface area contributed by atoms with E-state index in [0.717, 1.165) is 30.9 Å². The van der Waals surface area contributed by atoms with Crippen molar-refractivity contribution >= 4 is 28.8 Å². The van der Waals surface area contributed by atoms with E-state index in [1.807, 2.05) is 12.4 Å². The number of halogens is 1. The Bertz CT molecular complexity index is 674. The van der Waals surface area contributed by atoms with Crippen LogP contribution in [0.15, 0.2) is 11.7 Å². The van der Waals surface area contributed by atoms with Crippen molar-refractivity contribution in [2.75, 3.05) is 11.4 Å². The number of thiazole rings is 1. The first kappa shape index (κ1) is 12.4. The summed E-state index contributed by atoms with van der Waals surface area (Å²) in [6, 6.07) is 2.22. The number of rotatable bonds is 1. The minimum Gasteiger partial charge on any atom is -0.350 e. The summed E-state index contributed by atoms with van der Waals surface area (Å²) < 4.78 is 0. The molecule has 0 saturated carbocycles. The van der Waals surface area contributed by atoms with Crippen LogP contribution < -0.4 is 4.90 Å². The first-order valence-electron chi connectivity index (χ1n) is 5.92. The molecule has 0 atom stereocenters. The Morgan fingerprint density at radius 1 is 1.47 bits per heavy atom. The van der Waals surface area contributed by atoms with Crippen LogP contribution in [0.4, 0.5) is 5.82 Å². The summed E-state index contributed by atoms with van der Waals surface area (Å²) in [7, 11) is 0. The maximum atomic E-state index is 9.32. The fourth-order valence-electron chi connectivity index (χ4n) is 2.24. The Kier molecular flexibility index (Phi) is 3.13. The van der Waals surface area contributed by atoms with E-state index in [1.165, 1.54) is 10.6 Å². The Morgan fingerprint density at radius 3 is 3.11 bits per heavy atom. The van der Waals surface area contributed by atoms with Gasteiger partial charge in [-0.25, -0.2) is 9.97 Å². The Labute approximate surface area is 120 Å². The van der Waals surface area contributed by atoms with Crippen LogP contribution in [0.25, 0.3) is 0 Å². The molecule has 0 unspecified atom stereocenters. The monoisotopic (exact) mass is 290 g/mol. The zero-order chi connectivity index (χ0) is 13.4. The predicted octanol–water partition coefficient (Wildman–Crippen LogP) is 2.93. The van der Waals surface area contributed by atoms with Crippen molar-refractivity contribution in [3.05, 3.63) is 38.4 Å². The number of nitrogens with zero attached hydrogens (tertiary/aromatic N) is 4. The van der Waals surface area contributed by atoms with E-state index in [0.29, 0.717) is 10.6 Å². The Morgan fingerprint density at radius 2 is 2.32 bits per heavy atom. The zero-order valence-corrected chi connectivity index (χ0v) is 11.9. The van der Waals surface area contributed by atoms with Gasteiger partial charge in [0.05, 0.1) is 28.3 Å². The number of nitriles is 1. The molecule has 0 fully saturated rings. The molecule has 0 spiro atoms. The van der Waals surface area contributed by atoms with Gasteiger partial charge in [-0.1, -0.05) is 11.6 Å². The van der Waals surface area contributed by atoms with E-state index in [-0.39, 0.29) is 0 Å². The fraction of sp³-hybridized carbons (Fsp3) is 0.308. The van der Waals surface area contributed by atoms with Crippen molar-refractivity contribution in [1.82, 2.24) is 9.97 Å². The molecular formula is C13H11ClN4S. The summed E-state index contributed by atoms with van der Waals surface area (Å²) in [6.45, 7) is 3.45. The minimum absolute atomic E-state index is 0.538. The van der Waals surface area contributed by atoms with Crippen LogP contribution in [0.5, 0.6) is 0 Å². The average molecular weight is 291 g/mol. The van der Waals surface area contributed by atoms with Gasteiger partial charge in [0, 0.05) is 24.0 Å². The maximum Gasteiger partial charge on any atom is 0.147 e. The smallest absolute Gasteiger partial charge is 0.147 e. The average Bonchev–Trinajstić information content (AvgIpc) is 2.89. The largest absolute Gasteiger partial charge is 0.350 e. The lowest BCUT2D eigenvalue weighted by molar-refractivity contribution is 0.717. The van der Waals surface area contributed by atoms with Crippen LogP contribution >= 0.6 is 22.9 Å². The number of hydrogen-bond acceptors (Lipinski definition) is 5. The molecule has 0 bridgehead atoms. The summed E-state index contributed by atoms with van der Waals surface area (Å²) in [4.78, 5) is 12.1. The van der Waals surface area contributed by atoms with Gasteiger partial charge in [-0.3, -0.25) is 0 Å². The number of anilines is 1. The summed E-state index contributed by atoms with van der Waals surface area (Å²) in [5.41, 5.74) is 4.41. The van der Waals surface area contributed by atoms with Crippen molar-refractivity contribution in [2.45, 2.75) is 19.9 Å². The first-order valence-corrected chi connectivity index (χ1v) is 7.18. The summed E-state index contributed by atoms with van der Waals surface area (Å²) >= 11 is 7.68. The summed E-state index contributed by atoms with van der Waals surface area (Å²) in [5, 5.41) is 9.86. The predicted molar refractivity (Wildman–Crippen MR) is 75.6 cm³/mol. The van der Waals surface area contributed by atoms with Gasteiger partial charge in [0.15, 0.2) is 0 Å². The van der Waals surface area contributed by atoms with Crippen LogP contribution in [0.1, 0.15) is 21.7 Å². The highest BCUT2D eigenvalue weighted by Gasteiger charge is 2.23. The summed E-state index contributed by atoms with van der Waals surface area (Å²) in [6.07, 6.45) is 2.52. The molecule has 0 aromatic carbocycles. The second-order valence-electron chi connectivity index (χ2n) is 4.44. The minimum atomic E-state index is 0.538. The van der Waals surface area contributed by atoms with Gasteiger partial charge in [-0.05, 0) is 12.5 Å². The van der Waals surface area contributed by atoms with Gasteiger partial charge in [0.25, 0.3) is 0 Å². The molecule has 3 heterocycles. The molecule has 3 rings (SSSR count). The van der Waals surface area contributed by atoms with E-state index >= 15 is 0 Å². The highest BCUT2D eigenvalue weighted by atomic mass is 35.5. The molecule has 2 aromatic rings. The van der Waals surface area contributed by atoms with E-state index in [2.05, 4.69) is 20.9 Å². The van der Waals surface area contributed by atoms with Crippen molar-refractivity contribution in [3.63, 3.8) is 0 Å². The third-order valence-electron chi connectivity index (χ3n) is 3.35. The molecule has 0 saturated heterocycles. The van der Waals surface area contributed by atoms with Gasteiger partial charge in [0.2, 0.25) is 0 Å². The van der Waals surface area contributed by atoms with Gasteiger partial charge in [0.1, 0.15) is 11.9 Å². The van der Waals surface area contributed by atoms with Crippen LogP contribution in [0, 0.1) is 18.3 Å². The van der Waals surface area contributed by atoms with E-state index in [4.69, 9.17) is 11.6 Å². The lowest BCUT2D eigenvalue weighted by atomic mass is 10.1. The molecule has 96 valence electrons. The number of fused-ring (bicyclic) bond motifs is 1. The SMILES string of the molecule is Cc1c(Cl)cnc(N2CCc3ncsc3C2)c1C#N. The molecule has 1 aliphatic rings. The van der Waals surface area contributed by atoms with Crippen LogP contribution in [-0.4, -0.2) is 16.5 Å². The van der Waals surface area contributed by atoms with Crippen LogP contribution in [0.3, 0.4) is 0 Å². The molecule has 0 radical (unpaired) electrons. The quantitative estimate of drug-likeness (QED) is 0.810. The topological polar surface area (TPSA) is 52.8 Å². The van der Waals surface area contributed by atoms with Crippen LogP contribution in [-0.2, 0) is 13.0 Å². The van der Waals surface area contributed by atoms with E-state index in [9.17, 15) is 5.26 Å². The van der Waals surface area contributed by atoms with E-state index in [1.54, 1.807) is 17.5 Å². The molecule has 0 amide bonds. The third-order valence-corrected chi connectivity index (χ3v) is 4.59. The van der Waals surface area contributed by atoms with Crippen molar-refractivity contribution in [3.8, 4) is 6.07 Å². The van der Waals surface area contributed by atoms with Crippen molar-refractivity contribution in [1.29, 1.82) is 5.26 Å². The van der Waals surface area contributed by atoms with Gasteiger partial charge in [-0.15, -0.1) is 11.3 Å². The van der Waals surface area contributed by atoms with Crippen LogP contribution in [0.2, 0.25) is 5.02 Å². The third kappa shape index (κ3) is 2.07. The van der Waals surface area contributed by atoms with Gasteiger partial charge < -0.3 is 4.90 Å². The van der Waals surface area contributed by atoms with Crippen molar-refractivity contribution in [2.24, 2.45) is 0 Å². The normalized spacial score (nSPS) is 14.1. The molecule has 19 heavy (non-hydrogen) atoms. The first-order chi connectivity index (χ1) is 9.20. The molecule has 6 heteroatoms. The second kappa shape index (κ2) is 4.80. The molecule has 4 nitrogen and oxygen atoms in total. The standard InChI is InChI=1S/C13H11ClN4S/c1-8-9(4-15)13(16-5-10(8)14)18-3-2-11-12(6-18)19-7-17-11/h5,7H,2-3,6H2,1H3. The fourth-order valence-corrected chi connectivity index (χ4v) is 3.21. The van der Waals surface area contributed by atoms with E-state index < -0.39 is 0 Å². The molecular weight excluding hydrogens is 280 g/mol. The number of hydrogen-bond donors (Lipinski definition) is 0. The lowest BCUT2D eigenvalue weighted by Crippen LogP contribution is -2.31. The Hall–Kier alpha value is -1.64. The maximum absolute atomic E-state index is 9.32. The highest BCUT2D eigenvalue weighted by Crippen LogP contribution is 2.30. The van der Waals surface area contributed by atoms with Gasteiger partial charge in [-0.2, -0.15) is 5.26 Å². The molecule has 0 N–H and O–H groups in total. The molecule has 1 aliphatic heterocycles. The number of pyridine rings is 1. The van der Waals surface area contributed by atoms with Crippen molar-refractivity contribution < 1.29 is 0 Å². The second-order valence-corrected chi connectivity index (χ2v) is 5.78. The van der Waals surface area contributed by atoms with Gasteiger partial charge >= 0.3 is 0 Å². The summed E-state index contributed by atoms with van der Waals surface area (Å²) in [5.74, 6) is 0.725. The molecule has 0 aliphatic carbocycles. The highest BCUT2D eigenvalue weighted by molar-refractivity contribution is 7.09. The molecule has 2 aromatic heterocycles. The lowest BCUT2D eigenvalue weighted by Gasteiger charge is -2.28. The zero-order valence-electron chi connectivity index (χ0n) is 10.4.